The number of nitrogens with zero attached hydrogens (tertiary/aromatic N) is 3. The topological polar surface area (TPSA) is 65.8 Å². The Morgan fingerprint density at radius 1 is 1.33 bits per heavy atom. The lowest BCUT2D eigenvalue weighted by atomic mass is 10.5. The Hall–Kier alpha value is -0.460. The first-order valence-electron chi connectivity index (χ1n) is 4.04. The maximum absolute atomic E-state index is 12.1. The van der Waals surface area contributed by atoms with Gasteiger partial charge >= 0.3 is 0 Å². The van der Waals surface area contributed by atoms with Crippen LogP contribution in [0.5, 0.6) is 0 Å². The molecule has 0 aliphatic heterocycles. The number of hydrogen-bond acceptors (Lipinski definition) is 2. The predicted molar refractivity (Wildman–Crippen MR) is 51.9 cm³/mol. The minimum atomic E-state index is -2.30. The third-order valence-corrected chi connectivity index (χ3v) is 6.16. The lowest BCUT2D eigenvalue weighted by molar-refractivity contribution is 0.561. The molecule has 0 bridgehead atoms. The minimum absolute atomic E-state index is 0.1000. The van der Waals surface area contributed by atoms with Crippen LogP contribution in [-0.4, -0.2) is 17.6 Å². The van der Waals surface area contributed by atoms with Gasteiger partial charge in [0.15, 0.2) is 0 Å². The van der Waals surface area contributed by atoms with Crippen molar-refractivity contribution in [3.8, 4) is 0 Å². The molecule has 0 atom stereocenters. The molecule has 0 saturated heterocycles. The molecule has 0 radical (unpaired) electrons. The Labute approximate surface area is 73.4 Å². The van der Waals surface area contributed by atoms with Crippen molar-refractivity contribution in [3.63, 3.8) is 0 Å². The molecule has 0 amide bonds. The quantitative estimate of drug-likeness (QED) is 0.289. The largest absolute Gasteiger partial charge is 0.323 e. The van der Waals surface area contributed by atoms with E-state index in [1.54, 1.807) is 0 Å². The smallest absolute Gasteiger partial charge is 0.0982 e. The molecule has 0 spiro atoms. The molecule has 0 rings (SSSR count). The molecule has 0 unspecified atom stereocenters. The van der Waals surface area contributed by atoms with Crippen molar-refractivity contribution in [3.05, 3.63) is 10.4 Å². The normalized spacial score (nSPS) is 11.8. The van der Waals surface area contributed by atoms with Gasteiger partial charge in [-0.15, -0.1) is 0 Å². The summed E-state index contributed by atoms with van der Waals surface area (Å²) in [6, 6.07) is 0. The maximum atomic E-state index is 12.1. The average Bonchev–Trinajstić information content (AvgIpc) is 1.99. The van der Waals surface area contributed by atoms with E-state index in [0.717, 1.165) is 0 Å². The first-order chi connectivity index (χ1) is 5.45. The first kappa shape index (κ1) is 11.5. The molecule has 0 aromatic heterocycles. The van der Waals surface area contributed by atoms with E-state index in [0.29, 0.717) is 0 Å². The van der Waals surface area contributed by atoms with Gasteiger partial charge in [-0.25, -0.2) is 0 Å². The summed E-state index contributed by atoms with van der Waals surface area (Å²) in [5, 5.41) is 3.40. The lowest BCUT2D eigenvalue weighted by Crippen LogP contribution is -2.10. The zero-order valence-corrected chi connectivity index (χ0v) is 8.95. The summed E-state index contributed by atoms with van der Waals surface area (Å²) in [7, 11) is -2.30. The van der Waals surface area contributed by atoms with E-state index in [9.17, 15) is 4.57 Å². The fourth-order valence-electron chi connectivity index (χ4n) is 1.05. The van der Waals surface area contributed by atoms with Crippen molar-refractivity contribution in [2.24, 2.45) is 5.11 Å². The van der Waals surface area contributed by atoms with Crippen LogP contribution in [0.1, 0.15) is 27.7 Å². The van der Waals surface area contributed by atoms with Gasteiger partial charge in [0, 0.05) is 16.2 Å². The highest BCUT2D eigenvalue weighted by molar-refractivity contribution is 7.65. The van der Waals surface area contributed by atoms with Crippen LogP contribution in [0.25, 0.3) is 10.4 Å². The van der Waals surface area contributed by atoms with Crippen molar-refractivity contribution in [1.29, 1.82) is 0 Å². The second-order valence-electron chi connectivity index (χ2n) is 3.41. The van der Waals surface area contributed by atoms with Gasteiger partial charge in [0.2, 0.25) is 0 Å². The second-order valence-corrected chi connectivity index (χ2v) is 7.47. The van der Waals surface area contributed by atoms with E-state index in [1.165, 1.54) is 0 Å². The summed E-state index contributed by atoms with van der Waals surface area (Å²) in [6.45, 7) is 7.64. The van der Waals surface area contributed by atoms with Gasteiger partial charge < -0.3 is 4.57 Å². The Morgan fingerprint density at radius 3 is 2.00 bits per heavy atom. The fraction of sp³-hybridized carbons (Fsp3) is 1.00. The summed E-state index contributed by atoms with van der Waals surface area (Å²) in [5.41, 5.74) is 8.33. The van der Waals surface area contributed by atoms with Crippen LogP contribution >= 0.6 is 7.14 Å². The maximum Gasteiger partial charge on any atom is 0.0982 e. The predicted octanol–water partition coefficient (Wildman–Crippen LogP) is 3.43. The Bertz CT molecular complexity index is 219. The molecule has 0 saturated carbocycles. The Morgan fingerprint density at radius 2 is 1.75 bits per heavy atom. The zero-order valence-electron chi connectivity index (χ0n) is 8.06. The average molecular weight is 189 g/mol. The van der Waals surface area contributed by atoms with Crippen LogP contribution in [0.2, 0.25) is 0 Å². The number of rotatable bonds is 4. The van der Waals surface area contributed by atoms with Crippen molar-refractivity contribution in [2.45, 2.75) is 39.0 Å². The van der Waals surface area contributed by atoms with Gasteiger partial charge in [-0.2, -0.15) is 0 Å². The van der Waals surface area contributed by atoms with Crippen LogP contribution in [0.15, 0.2) is 5.11 Å². The van der Waals surface area contributed by atoms with Gasteiger partial charge in [0.05, 0.1) is 13.4 Å². The van der Waals surface area contributed by atoms with Crippen molar-refractivity contribution < 1.29 is 4.57 Å². The molecular formula is C7H16N3OP. The molecule has 0 aromatic rings. The SMILES string of the molecule is CC(C)P(=O)(CN=[N+]=[N-])C(C)C. The highest BCUT2D eigenvalue weighted by atomic mass is 31.2. The summed E-state index contributed by atoms with van der Waals surface area (Å²) in [4.78, 5) is 2.64. The molecule has 0 aromatic carbocycles. The molecule has 0 aliphatic rings. The van der Waals surface area contributed by atoms with Crippen LogP contribution < -0.4 is 0 Å². The van der Waals surface area contributed by atoms with Crippen LogP contribution in [0.4, 0.5) is 0 Å². The molecular weight excluding hydrogens is 173 g/mol. The van der Waals surface area contributed by atoms with Gasteiger partial charge in [0.25, 0.3) is 0 Å². The lowest BCUT2D eigenvalue weighted by Gasteiger charge is -2.23. The van der Waals surface area contributed by atoms with E-state index < -0.39 is 7.14 Å². The summed E-state index contributed by atoms with van der Waals surface area (Å²) >= 11 is 0. The van der Waals surface area contributed by atoms with Gasteiger partial charge in [-0.05, 0) is 5.53 Å². The van der Waals surface area contributed by atoms with E-state index in [4.69, 9.17) is 5.53 Å². The Kier molecular flexibility index (Phi) is 4.36. The highest BCUT2D eigenvalue weighted by Gasteiger charge is 2.29. The van der Waals surface area contributed by atoms with E-state index >= 15 is 0 Å². The molecule has 0 heterocycles. The molecule has 70 valence electrons. The second kappa shape index (κ2) is 4.54. The Balaban J connectivity index is 4.63. The molecule has 0 fully saturated rings. The summed E-state index contributed by atoms with van der Waals surface area (Å²) in [6.07, 6.45) is 0.152. The van der Waals surface area contributed by atoms with Gasteiger partial charge in [-0.1, -0.05) is 32.8 Å². The van der Waals surface area contributed by atoms with Crippen LogP contribution in [0.3, 0.4) is 0 Å². The number of hydrogen-bond donors (Lipinski definition) is 0. The summed E-state index contributed by atoms with van der Waals surface area (Å²) in [5.74, 6) is 0. The minimum Gasteiger partial charge on any atom is -0.323 e. The van der Waals surface area contributed by atoms with Crippen molar-refractivity contribution in [2.75, 3.05) is 6.29 Å². The first-order valence-corrected chi connectivity index (χ1v) is 6.07. The number of azide groups is 1. The standard InChI is InChI=1S/C7H16N3OP/c1-6(2)12(11,7(3)4)5-9-10-8/h6-7H,5H2,1-4H3. The fourth-order valence-corrected chi connectivity index (χ4v) is 3.15. The molecule has 5 heteroatoms. The highest BCUT2D eigenvalue weighted by Crippen LogP contribution is 2.54. The molecule has 4 nitrogen and oxygen atoms in total. The third kappa shape index (κ3) is 2.54. The van der Waals surface area contributed by atoms with E-state index in [2.05, 4.69) is 10.0 Å². The van der Waals surface area contributed by atoms with Crippen molar-refractivity contribution >= 4 is 7.14 Å². The van der Waals surface area contributed by atoms with E-state index in [1.807, 2.05) is 27.7 Å². The van der Waals surface area contributed by atoms with Crippen LogP contribution in [-0.2, 0) is 4.57 Å². The van der Waals surface area contributed by atoms with Crippen molar-refractivity contribution in [1.82, 2.24) is 0 Å². The summed E-state index contributed by atoms with van der Waals surface area (Å²) < 4.78 is 12.1. The monoisotopic (exact) mass is 189 g/mol. The molecule has 0 N–H and O–H groups in total. The molecule has 0 aliphatic carbocycles. The van der Waals surface area contributed by atoms with Gasteiger partial charge in [0.1, 0.15) is 0 Å². The van der Waals surface area contributed by atoms with E-state index in [-0.39, 0.29) is 17.6 Å². The molecule has 12 heavy (non-hydrogen) atoms. The zero-order chi connectivity index (χ0) is 9.78. The van der Waals surface area contributed by atoms with Gasteiger partial charge in [-0.3, -0.25) is 0 Å². The third-order valence-electron chi connectivity index (χ3n) is 2.10. The van der Waals surface area contributed by atoms with Crippen LogP contribution in [0, 0.1) is 0 Å².